The maximum atomic E-state index is 10.6. The molecule has 0 aromatic heterocycles. The smallest absolute Gasteiger partial charge is 0.188 e. The van der Waals surface area contributed by atoms with Crippen molar-refractivity contribution in [1.82, 2.24) is 5.06 Å². The summed E-state index contributed by atoms with van der Waals surface area (Å²) in [5.41, 5.74) is 0.982. The van der Waals surface area contributed by atoms with Gasteiger partial charge >= 0.3 is 0 Å². The molecule has 0 saturated carbocycles. The Balaban J connectivity index is 2.11. The molecule has 1 aliphatic rings. The molecule has 1 aliphatic heterocycles. The molecular formula is C18H27NO5. The maximum Gasteiger partial charge on any atom is 0.188 e. The molecule has 0 aliphatic carbocycles. The van der Waals surface area contributed by atoms with Gasteiger partial charge in [0.25, 0.3) is 0 Å². The topological polar surface area (TPSA) is 60.4 Å². The van der Waals surface area contributed by atoms with E-state index in [-0.39, 0.29) is 12.2 Å². The number of methoxy groups -OCH3 is 2. The normalized spacial score (nSPS) is 24.2. The van der Waals surface area contributed by atoms with Gasteiger partial charge in [0.1, 0.15) is 18.2 Å². The molecule has 6 heteroatoms. The van der Waals surface area contributed by atoms with E-state index < -0.39 is 11.8 Å². The lowest BCUT2D eigenvalue weighted by Gasteiger charge is -2.35. The van der Waals surface area contributed by atoms with Crippen LogP contribution in [0.3, 0.4) is 0 Å². The van der Waals surface area contributed by atoms with Crippen LogP contribution in [0.15, 0.2) is 43.0 Å². The molecular weight excluding hydrogens is 310 g/mol. The predicted octanol–water partition coefficient (Wildman–Crippen LogP) is 2.23. The molecule has 24 heavy (non-hydrogen) atoms. The van der Waals surface area contributed by atoms with Crippen LogP contribution in [-0.4, -0.2) is 61.7 Å². The molecule has 1 saturated heterocycles. The van der Waals surface area contributed by atoms with Crippen molar-refractivity contribution < 1.29 is 24.2 Å². The fourth-order valence-corrected chi connectivity index (χ4v) is 3.01. The quantitative estimate of drug-likeness (QED) is 0.551. The highest BCUT2D eigenvalue weighted by atomic mass is 16.8. The van der Waals surface area contributed by atoms with E-state index in [0.717, 1.165) is 5.56 Å². The molecule has 1 N–H and O–H groups in total. The van der Waals surface area contributed by atoms with E-state index in [1.807, 2.05) is 30.3 Å². The molecule has 6 nitrogen and oxygen atoms in total. The lowest BCUT2D eigenvalue weighted by molar-refractivity contribution is -0.252. The highest BCUT2D eigenvalue weighted by Gasteiger charge is 2.50. The summed E-state index contributed by atoms with van der Waals surface area (Å²) >= 11 is 0. The standard InChI is InChI=1S/C18H27NO5/c1-5-17(19(20)11-14-9-7-6-8-10-14)18(2)23-15(12-21-3)16(24-18)13-22-4/h5-10,15-17,20H,1,11-13H2,2-4H3/t15-,16-,17?/m0/s1. The molecule has 3 atom stereocenters. The molecule has 0 bridgehead atoms. The molecule has 1 aromatic rings. The average molecular weight is 337 g/mol. The van der Waals surface area contributed by atoms with Gasteiger partial charge in [-0.25, -0.2) is 0 Å². The first kappa shape index (κ1) is 19.1. The largest absolute Gasteiger partial charge is 0.382 e. The second-order valence-corrected chi connectivity index (χ2v) is 6.00. The number of hydroxylamine groups is 2. The van der Waals surface area contributed by atoms with Crippen LogP contribution in [0.5, 0.6) is 0 Å². The number of nitrogens with zero attached hydrogens (tertiary/aromatic N) is 1. The third-order valence-corrected chi connectivity index (χ3v) is 4.12. The SMILES string of the molecule is C=CC(N(O)Cc1ccccc1)C1(C)O[C@@H](COC)[C@H](COC)O1. The van der Waals surface area contributed by atoms with Crippen molar-refractivity contribution in [2.75, 3.05) is 27.4 Å². The molecule has 0 amide bonds. The van der Waals surface area contributed by atoms with Crippen LogP contribution < -0.4 is 0 Å². The van der Waals surface area contributed by atoms with Gasteiger partial charge in [-0.1, -0.05) is 36.4 Å². The molecule has 0 radical (unpaired) electrons. The monoisotopic (exact) mass is 337 g/mol. The summed E-state index contributed by atoms with van der Waals surface area (Å²) in [6.45, 7) is 6.74. The molecule has 1 aromatic carbocycles. The van der Waals surface area contributed by atoms with Crippen LogP contribution in [0.25, 0.3) is 0 Å². The van der Waals surface area contributed by atoms with Crippen molar-refractivity contribution in [1.29, 1.82) is 0 Å². The highest BCUT2D eigenvalue weighted by Crippen LogP contribution is 2.34. The first-order chi connectivity index (χ1) is 11.5. The van der Waals surface area contributed by atoms with E-state index in [0.29, 0.717) is 19.8 Å². The average Bonchev–Trinajstić information content (AvgIpc) is 2.86. The van der Waals surface area contributed by atoms with E-state index in [1.165, 1.54) is 5.06 Å². The fourth-order valence-electron chi connectivity index (χ4n) is 3.01. The molecule has 1 unspecified atom stereocenters. The van der Waals surface area contributed by atoms with Crippen LogP contribution in [0.1, 0.15) is 12.5 Å². The van der Waals surface area contributed by atoms with E-state index in [1.54, 1.807) is 27.2 Å². The highest BCUT2D eigenvalue weighted by molar-refractivity contribution is 5.15. The van der Waals surface area contributed by atoms with Crippen LogP contribution >= 0.6 is 0 Å². The van der Waals surface area contributed by atoms with E-state index in [9.17, 15) is 5.21 Å². The molecule has 1 fully saturated rings. The molecule has 0 spiro atoms. The van der Waals surface area contributed by atoms with Crippen LogP contribution in [0.2, 0.25) is 0 Å². The second kappa shape index (κ2) is 8.71. The minimum Gasteiger partial charge on any atom is -0.382 e. The van der Waals surface area contributed by atoms with Crippen molar-refractivity contribution in [3.05, 3.63) is 48.6 Å². The van der Waals surface area contributed by atoms with Crippen molar-refractivity contribution in [3.8, 4) is 0 Å². The Hall–Kier alpha value is -1.28. The Morgan fingerprint density at radius 2 is 1.75 bits per heavy atom. The fraction of sp³-hybridized carbons (Fsp3) is 0.556. The van der Waals surface area contributed by atoms with Gasteiger partial charge in [0.05, 0.1) is 13.2 Å². The summed E-state index contributed by atoms with van der Waals surface area (Å²) in [5.74, 6) is -1.04. The number of ether oxygens (including phenoxy) is 4. The predicted molar refractivity (Wildman–Crippen MR) is 89.7 cm³/mol. The van der Waals surface area contributed by atoms with Gasteiger partial charge in [-0.2, -0.15) is 5.06 Å². The third kappa shape index (κ3) is 4.42. The zero-order valence-electron chi connectivity index (χ0n) is 14.6. The Labute approximate surface area is 143 Å². The maximum absolute atomic E-state index is 10.6. The zero-order valence-corrected chi connectivity index (χ0v) is 14.6. The summed E-state index contributed by atoms with van der Waals surface area (Å²) in [6.07, 6.45) is 1.09. The minimum absolute atomic E-state index is 0.271. The first-order valence-corrected chi connectivity index (χ1v) is 7.99. The summed E-state index contributed by atoms with van der Waals surface area (Å²) in [6, 6.07) is 9.15. The number of hydrogen-bond acceptors (Lipinski definition) is 6. The van der Waals surface area contributed by atoms with Crippen molar-refractivity contribution in [2.24, 2.45) is 0 Å². The van der Waals surface area contributed by atoms with E-state index >= 15 is 0 Å². The molecule has 2 rings (SSSR count). The van der Waals surface area contributed by atoms with Crippen molar-refractivity contribution in [2.45, 2.75) is 37.5 Å². The van der Waals surface area contributed by atoms with Gasteiger partial charge in [-0.05, 0) is 12.5 Å². The van der Waals surface area contributed by atoms with Gasteiger partial charge in [0, 0.05) is 20.8 Å². The number of rotatable bonds is 9. The van der Waals surface area contributed by atoms with Crippen LogP contribution in [0.4, 0.5) is 0 Å². The molecule has 134 valence electrons. The molecule has 1 heterocycles. The van der Waals surface area contributed by atoms with Crippen molar-refractivity contribution in [3.63, 3.8) is 0 Å². The minimum atomic E-state index is -1.04. The summed E-state index contributed by atoms with van der Waals surface area (Å²) in [4.78, 5) is 0. The third-order valence-electron chi connectivity index (χ3n) is 4.12. The Morgan fingerprint density at radius 1 is 1.21 bits per heavy atom. The first-order valence-electron chi connectivity index (χ1n) is 7.99. The number of benzene rings is 1. The van der Waals surface area contributed by atoms with Crippen LogP contribution in [0, 0.1) is 0 Å². The Morgan fingerprint density at radius 3 is 2.21 bits per heavy atom. The van der Waals surface area contributed by atoms with Gasteiger partial charge in [0.15, 0.2) is 5.79 Å². The van der Waals surface area contributed by atoms with Crippen molar-refractivity contribution >= 4 is 0 Å². The summed E-state index contributed by atoms with van der Waals surface area (Å²) in [5, 5.41) is 11.7. The van der Waals surface area contributed by atoms with Gasteiger partial charge in [-0.3, -0.25) is 0 Å². The lowest BCUT2D eigenvalue weighted by Crippen LogP contribution is -2.49. The Bertz CT molecular complexity index is 495. The summed E-state index contributed by atoms with van der Waals surface area (Å²) < 4.78 is 22.5. The zero-order chi connectivity index (χ0) is 17.6. The Kier molecular flexibility index (Phi) is 6.91. The lowest BCUT2D eigenvalue weighted by atomic mass is 10.1. The number of hydrogen-bond donors (Lipinski definition) is 1. The van der Waals surface area contributed by atoms with Gasteiger partial charge < -0.3 is 24.2 Å². The van der Waals surface area contributed by atoms with E-state index in [2.05, 4.69) is 6.58 Å². The van der Waals surface area contributed by atoms with E-state index in [4.69, 9.17) is 18.9 Å². The van der Waals surface area contributed by atoms with Gasteiger partial charge in [0.2, 0.25) is 0 Å². The summed E-state index contributed by atoms with van der Waals surface area (Å²) in [7, 11) is 3.23. The van der Waals surface area contributed by atoms with Gasteiger partial charge in [-0.15, -0.1) is 6.58 Å². The van der Waals surface area contributed by atoms with Crippen LogP contribution in [-0.2, 0) is 25.5 Å². The second-order valence-electron chi connectivity index (χ2n) is 6.00.